The molecule has 0 saturated heterocycles. The zero-order chi connectivity index (χ0) is 25.4. The van der Waals surface area contributed by atoms with Crippen molar-refractivity contribution in [3.05, 3.63) is 69.9 Å². The van der Waals surface area contributed by atoms with E-state index in [2.05, 4.69) is 12.1 Å². The second kappa shape index (κ2) is 12.5. The monoisotopic (exact) mass is 504 g/mol. The lowest BCUT2D eigenvalue weighted by atomic mass is 9.88. The third kappa shape index (κ3) is 7.55. The van der Waals surface area contributed by atoms with Crippen molar-refractivity contribution in [3.63, 3.8) is 0 Å². The van der Waals surface area contributed by atoms with Crippen LogP contribution in [0.2, 0.25) is 0 Å². The van der Waals surface area contributed by atoms with Crippen LogP contribution in [0.15, 0.2) is 54.6 Å². The molecule has 1 aliphatic rings. The lowest BCUT2D eigenvalue weighted by Gasteiger charge is -2.18. The largest absolute Gasteiger partial charge is 0.465 e. The maximum atomic E-state index is 14.2. The van der Waals surface area contributed by atoms with E-state index in [4.69, 9.17) is 4.74 Å². The molecule has 4 nitrogen and oxygen atoms in total. The average Bonchev–Trinajstić information content (AvgIpc) is 3.40. The zero-order valence-corrected chi connectivity index (χ0v) is 21.1. The molecule has 2 aromatic rings. The topological polar surface area (TPSA) is 63.6 Å². The minimum Gasteiger partial charge on any atom is -0.465 e. The molecule has 7 heteroatoms. The summed E-state index contributed by atoms with van der Waals surface area (Å²) in [5.41, 5.74) is 1.25. The molecule has 0 spiro atoms. The number of aryl methyl sites for hydroxylation is 2. The number of hydrogen-bond donors (Lipinski definition) is 1. The molecule has 190 valence electrons. The Kier molecular flexibility index (Phi) is 9.75. The van der Waals surface area contributed by atoms with Crippen molar-refractivity contribution in [2.24, 2.45) is 17.8 Å². The van der Waals surface area contributed by atoms with Gasteiger partial charge in [-0.05, 0) is 68.1 Å². The summed E-state index contributed by atoms with van der Waals surface area (Å²) in [6, 6.07) is 13.7. The van der Waals surface area contributed by atoms with Crippen molar-refractivity contribution >= 4 is 23.1 Å². The standard InChI is InChI=1S/C28H34F2O4S/c1-19(8-6-11-20-9-4-3-5-10-20)24(31)16-14-21-18-28(29,30)26(32)23(21)13-7-12-22-15-17-25(35-22)27(33)34-2/h3-5,9-10,14-17,19,21,23-24,31H,6-8,11-13,18H2,1-2H3/b16-14+/t19-,21+,23?,24-/m1/s1. The highest BCUT2D eigenvalue weighted by Crippen LogP contribution is 2.43. The summed E-state index contributed by atoms with van der Waals surface area (Å²) in [6.07, 6.45) is 6.17. The first-order valence-corrected chi connectivity index (χ1v) is 13.0. The van der Waals surface area contributed by atoms with Crippen LogP contribution >= 0.6 is 11.3 Å². The lowest BCUT2D eigenvalue weighted by Crippen LogP contribution is -2.25. The number of esters is 1. The van der Waals surface area contributed by atoms with Crippen LogP contribution in [0, 0.1) is 17.8 Å². The molecular weight excluding hydrogens is 470 g/mol. The molecule has 1 aromatic heterocycles. The van der Waals surface area contributed by atoms with Gasteiger partial charge in [-0.25, -0.2) is 4.79 Å². The molecule has 0 radical (unpaired) electrons. The van der Waals surface area contributed by atoms with Gasteiger partial charge in [-0.15, -0.1) is 11.3 Å². The van der Waals surface area contributed by atoms with E-state index >= 15 is 0 Å². The van der Waals surface area contributed by atoms with Crippen LogP contribution in [0.5, 0.6) is 0 Å². The molecule has 1 aliphatic carbocycles. The molecule has 1 aromatic carbocycles. The summed E-state index contributed by atoms with van der Waals surface area (Å²) in [5, 5.41) is 10.6. The summed E-state index contributed by atoms with van der Waals surface area (Å²) in [6.45, 7) is 1.95. The van der Waals surface area contributed by atoms with Gasteiger partial charge in [0.05, 0.1) is 13.2 Å². The number of aliphatic hydroxyl groups is 1. The van der Waals surface area contributed by atoms with Crippen LogP contribution in [-0.2, 0) is 22.4 Å². The van der Waals surface area contributed by atoms with Crippen LogP contribution in [-0.4, -0.2) is 36.0 Å². The predicted octanol–water partition coefficient (Wildman–Crippen LogP) is 6.27. The van der Waals surface area contributed by atoms with E-state index in [1.807, 2.05) is 31.2 Å². The number of rotatable bonds is 12. The molecule has 3 rings (SSSR count). The Hall–Kier alpha value is -2.38. The number of carbonyl (C=O) groups excluding carboxylic acids is 2. The highest BCUT2D eigenvalue weighted by Gasteiger charge is 2.53. The number of allylic oxidation sites excluding steroid dienone is 1. The maximum absolute atomic E-state index is 14.2. The van der Waals surface area contributed by atoms with Crippen molar-refractivity contribution in [1.29, 1.82) is 0 Å². The minimum absolute atomic E-state index is 0.00568. The fraction of sp³-hybridized carbons (Fsp3) is 0.500. The van der Waals surface area contributed by atoms with Crippen LogP contribution in [0.1, 0.15) is 59.1 Å². The highest BCUT2D eigenvalue weighted by molar-refractivity contribution is 7.13. The number of alkyl halides is 2. The van der Waals surface area contributed by atoms with Crippen molar-refractivity contribution in [2.75, 3.05) is 7.11 Å². The third-order valence-corrected chi connectivity index (χ3v) is 7.92. The first-order valence-electron chi connectivity index (χ1n) is 12.2. The number of hydrogen-bond acceptors (Lipinski definition) is 5. The molecule has 35 heavy (non-hydrogen) atoms. The van der Waals surface area contributed by atoms with Gasteiger partial charge in [-0.2, -0.15) is 8.78 Å². The van der Waals surface area contributed by atoms with E-state index < -0.39 is 42.0 Å². The Labute approximate surface area is 210 Å². The van der Waals surface area contributed by atoms with Gasteiger partial charge < -0.3 is 9.84 Å². The molecule has 1 saturated carbocycles. The van der Waals surface area contributed by atoms with Gasteiger partial charge >= 0.3 is 11.9 Å². The Morgan fingerprint density at radius 3 is 2.66 bits per heavy atom. The number of Topliss-reactive ketones (excluding diaryl/α,β-unsaturated/α-hetero) is 1. The van der Waals surface area contributed by atoms with Crippen molar-refractivity contribution in [1.82, 2.24) is 0 Å². The summed E-state index contributed by atoms with van der Waals surface area (Å²) in [7, 11) is 1.32. The molecule has 1 heterocycles. The Bertz CT molecular complexity index is 1000. The molecule has 1 unspecified atom stereocenters. The number of halogens is 2. The number of thiophene rings is 1. The second-order valence-corrected chi connectivity index (χ2v) is 10.6. The van der Waals surface area contributed by atoms with Gasteiger partial charge in [-0.1, -0.05) is 49.4 Å². The predicted molar refractivity (Wildman–Crippen MR) is 134 cm³/mol. The van der Waals surface area contributed by atoms with E-state index in [9.17, 15) is 23.5 Å². The van der Waals surface area contributed by atoms with E-state index in [0.717, 1.165) is 24.1 Å². The fourth-order valence-corrected chi connectivity index (χ4v) is 5.63. The molecule has 0 bridgehead atoms. The van der Waals surface area contributed by atoms with Gasteiger partial charge in [0.2, 0.25) is 5.78 Å². The van der Waals surface area contributed by atoms with Gasteiger partial charge in [0.25, 0.3) is 0 Å². The van der Waals surface area contributed by atoms with Gasteiger partial charge in [0.15, 0.2) is 0 Å². The van der Waals surface area contributed by atoms with E-state index in [1.54, 1.807) is 18.2 Å². The highest BCUT2D eigenvalue weighted by atomic mass is 32.1. The van der Waals surface area contributed by atoms with Gasteiger partial charge in [0, 0.05) is 17.2 Å². The normalized spacial score (nSPS) is 21.3. The Balaban J connectivity index is 1.51. The molecule has 0 aliphatic heterocycles. The SMILES string of the molecule is COC(=O)c1ccc(CCCC2C(=O)C(F)(F)C[C@@H]2/C=C/[C@@H](O)[C@H](C)CCCc2ccccc2)s1. The lowest BCUT2D eigenvalue weighted by molar-refractivity contribution is -0.141. The number of methoxy groups -OCH3 is 1. The summed E-state index contributed by atoms with van der Waals surface area (Å²) >= 11 is 1.32. The smallest absolute Gasteiger partial charge is 0.348 e. The number of ketones is 1. The Morgan fingerprint density at radius 1 is 1.20 bits per heavy atom. The summed E-state index contributed by atoms with van der Waals surface area (Å²) in [4.78, 5) is 25.4. The zero-order valence-electron chi connectivity index (χ0n) is 20.3. The summed E-state index contributed by atoms with van der Waals surface area (Å²) < 4.78 is 33.2. The molecule has 1 N–H and O–H groups in total. The number of ether oxygens (including phenoxy) is 1. The number of carbonyl (C=O) groups is 2. The molecule has 4 atom stereocenters. The molecular formula is C28H34F2O4S. The summed E-state index contributed by atoms with van der Waals surface area (Å²) in [5.74, 6) is -6.08. The van der Waals surface area contributed by atoms with Gasteiger partial charge in [-0.3, -0.25) is 4.79 Å². The van der Waals surface area contributed by atoms with Gasteiger partial charge in [0.1, 0.15) is 4.88 Å². The molecule has 0 amide bonds. The van der Waals surface area contributed by atoms with Crippen molar-refractivity contribution in [2.45, 2.75) is 63.9 Å². The van der Waals surface area contributed by atoms with Crippen LogP contribution in [0.25, 0.3) is 0 Å². The van der Waals surface area contributed by atoms with E-state index in [-0.39, 0.29) is 5.92 Å². The van der Waals surface area contributed by atoms with Crippen molar-refractivity contribution < 1.29 is 28.2 Å². The number of aliphatic hydroxyl groups excluding tert-OH is 1. The average molecular weight is 505 g/mol. The number of benzene rings is 1. The van der Waals surface area contributed by atoms with Crippen LogP contribution in [0.3, 0.4) is 0 Å². The second-order valence-electron chi connectivity index (χ2n) is 9.42. The Morgan fingerprint density at radius 2 is 1.94 bits per heavy atom. The molecule has 1 fully saturated rings. The fourth-order valence-electron chi connectivity index (χ4n) is 4.66. The quantitative estimate of drug-likeness (QED) is 0.273. The first-order chi connectivity index (χ1) is 16.7. The first kappa shape index (κ1) is 27.2. The minimum atomic E-state index is -3.33. The van der Waals surface area contributed by atoms with Crippen molar-refractivity contribution in [3.8, 4) is 0 Å². The maximum Gasteiger partial charge on any atom is 0.348 e. The van der Waals surface area contributed by atoms with Crippen LogP contribution in [0.4, 0.5) is 8.78 Å². The third-order valence-electron chi connectivity index (χ3n) is 6.80. The van der Waals surface area contributed by atoms with Crippen LogP contribution < -0.4 is 0 Å². The van der Waals surface area contributed by atoms with E-state index in [0.29, 0.717) is 24.1 Å². The van der Waals surface area contributed by atoms with E-state index in [1.165, 1.54) is 24.0 Å².